The van der Waals surface area contributed by atoms with Crippen LogP contribution in [0.25, 0.3) is 0 Å². The molecule has 0 atom stereocenters. The maximum Gasteiger partial charge on any atom is 0.251 e. The summed E-state index contributed by atoms with van der Waals surface area (Å²) in [5.74, 6) is -2.08. The molecule has 5 heteroatoms. The van der Waals surface area contributed by atoms with Crippen LogP contribution in [-0.2, 0) is 0 Å². The van der Waals surface area contributed by atoms with Crippen LogP contribution in [0.2, 0.25) is 0 Å². The smallest absolute Gasteiger partial charge is 0.251 e. The Balaban J connectivity index is 2.84. The number of amides is 1. The van der Waals surface area contributed by atoms with Gasteiger partial charge in [0, 0.05) is 12.1 Å². The van der Waals surface area contributed by atoms with Gasteiger partial charge in [-0.25, -0.2) is 0 Å². The molecule has 0 bridgehead atoms. The molecule has 0 aliphatic rings. The third kappa shape index (κ3) is 3.55. The lowest BCUT2D eigenvalue weighted by Crippen LogP contribution is -2.32. The highest BCUT2D eigenvalue weighted by Crippen LogP contribution is 2.35. The van der Waals surface area contributed by atoms with E-state index < -0.39 is 23.2 Å². The van der Waals surface area contributed by atoms with E-state index in [4.69, 9.17) is 5.11 Å². The Bertz CT molecular complexity index is 412. The standard InChI is InChI=1S/C12H17NO4/c1-12(2,3)6-13-11(17)7-4-8(14)10(16)9(15)5-7/h4-5,14-16H,6H2,1-3H3,(H,13,17). The second-order valence-electron chi connectivity index (χ2n) is 5.11. The van der Waals surface area contributed by atoms with Gasteiger partial charge in [0.1, 0.15) is 0 Å². The zero-order valence-electron chi connectivity index (χ0n) is 10.1. The number of carbonyl (C=O) groups excluding carboxylic acids is 1. The lowest BCUT2D eigenvalue weighted by Gasteiger charge is -2.18. The van der Waals surface area contributed by atoms with Crippen LogP contribution in [0.15, 0.2) is 12.1 Å². The minimum Gasteiger partial charge on any atom is -0.504 e. The van der Waals surface area contributed by atoms with E-state index in [1.807, 2.05) is 20.8 Å². The first-order valence-corrected chi connectivity index (χ1v) is 5.24. The van der Waals surface area contributed by atoms with Crippen LogP contribution in [0.4, 0.5) is 0 Å². The summed E-state index contributed by atoms with van der Waals surface area (Å²) in [6, 6.07) is 2.21. The number of carbonyl (C=O) groups is 1. The first-order chi connectivity index (χ1) is 7.70. The van der Waals surface area contributed by atoms with Crippen LogP contribution in [-0.4, -0.2) is 27.8 Å². The number of hydrogen-bond donors (Lipinski definition) is 4. The molecule has 94 valence electrons. The molecule has 0 aromatic heterocycles. The van der Waals surface area contributed by atoms with Crippen molar-refractivity contribution in [3.8, 4) is 17.2 Å². The molecule has 1 rings (SSSR count). The van der Waals surface area contributed by atoms with Gasteiger partial charge in [-0.3, -0.25) is 4.79 Å². The molecule has 4 N–H and O–H groups in total. The lowest BCUT2D eigenvalue weighted by molar-refractivity contribution is 0.0938. The van der Waals surface area contributed by atoms with Gasteiger partial charge in [0.15, 0.2) is 17.2 Å². The minimum atomic E-state index is -0.627. The fourth-order valence-corrected chi connectivity index (χ4v) is 1.18. The fraction of sp³-hybridized carbons (Fsp3) is 0.417. The van der Waals surface area contributed by atoms with E-state index in [1.54, 1.807) is 0 Å². The molecule has 0 heterocycles. The van der Waals surface area contributed by atoms with E-state index in [1.165, 1.54) is 0 Å². The van der Waals surface area contributed by atoms with Crippen molar-refractivity contribution in [2.75, 3.05) is 6.54 Å². The molecule has 0 aliphatic heterocycles. The highest BCUT2D eigenvalue weighted by Gasteiger charge is 2.16. The van der Waals surface area contributed by atoms with E-state index in [9.17, 15) is 15.0 Å². The predicted octanol–water partition coefficient (Wildman–Crippen LogP) is 1.58. The quantitative estimate of drug-likeness (QED) is 0.590. The number of phenolic OH excluding ortho intramolecular Hbond substituents is 3. The number of aromatic hydroxyl groups is 3. The van der Waals surface area contributed by atoms with Crippen molar-refractivity contribution >= 4 is 5.91 Å². The van der Waals surface area contributed by atoms with Crippen molar-refractivity contribution in [2.45, 2.75) is 20.8 Å². The maximum atomic E-state index is 11.7. The van der Waals surface area contributed by atoms with Crippen LogP contribution >= 0.6 is 0 Å². The summed E-state index contributed by atoms with van der Waals surface area (Å²) in [4.78, 5) is 11.7. The highest BCUT2D eigenvalue weighted by molar-refractivity contribution is 5.95. The Labute approximate surface area is 99.7 Å². The van der Waals surface area contributed by atoms with Gasteiger partial charge in [0.05, 0.1) is 0 Å². The first-order valence-electron chi connectivity index (χ1n) is 5.24. The molecule has 1 aromatic rings. The van der Waals surface area contributed by atoms with Gasteiger partial charge in [-0.05, 0) is 17.5 Å². The number of rotatable bonds is 2. The van der Waals surface area contributed by atoms with Crippen LogP contribution in [0.3, 0.4) is 0 Å². The molecule has 17 heavy (non-hydrogen) atoms. The zero-order chi connectivity index (χ0) is 13.2. The van der Waals surface area contributed by atoms with E-state index in [0.717, 1.165) is 12.1 Å². The van der Waals surface area contributed by atoms with Gasteiger partial charge in [-0.15, -0.1) is 0 Å². The van der Waals surface area contributed by atoms with Gasteiger partial charge in [-0.1, -0.05) is 20.8 Å². The van der Waals surface area contributed by atoms with Gasteiger partial charge >= 0.3 is 0 Å². The largest absolute Gasteiger partial charge is 0.504 e. The fourth-order valence-electron chi connectivity index (χ4n) is 1.18. The Kier molecular flexibility index (Phi) is 3.50. The summed E-state index contributed by atoms with van der Waals surface area (Å²) in [5, 5.41) is 30.3. The molecule has 1 amide bonds. The number of phenols is 3. The Morgan fingerprint density at radius 2 is 1.65 bits per heavy atom. The Hall–Kier alpha value is -1.91. The molecule has 0 unspecified atom stereocenters. The summed E-state index contributed by atoms with van der Waals surface area (Å²) in [7, 11) is 0. The van der Waals surface area contributed by atoms with Gasteiger partial charge in [0.25, 0.3) is 5.91 Å². The second kappa shape index (κ2) is 4.53. The molecule has 0 saturated heterocycles. The molecule has 0 radical (unpaired) electrons. The van der Waals surface area contributed by atoms with E-state index in [0.29, 0.717) is 6.54 Å². The minimum absolute atomic E-state index is 0.0589. The molecule has 0 fully saturated rings. The third-order valence-electron chi connectivity index (χ3n) is 2.11. The van der Waals surface area contributed by atoms with Gasteiger partial charge in [-0.2, -0.15) is 0 Å². The van der Waals surface area contributed by atoms with E-state index >= 15 is 0 Å². The maximum absolute atomic E-state index is 11.7. The molecule has 0 aliphatic carbocycles. The van der Waals surface area contributed by atoms with Gasteiger partial charge < -0.3 is 20.6 Å². The monoisotopic (exact) mass is 239 g/mol. The second-order valence-corrected chi connectivity index (χ2v) is 5.11. The summed E-state index contributed by atoms with van der Waals surface area (Å²) in [5.41, 5.74) is 0.0403. The first kappa shape index (κ1) is 13.2. The topological polar surface area (TPSA) is 89.8 Å². The predicted molar refractivity (Wildman–Crippen MR) is 63.2 cm³/mol. The number of hydrogen-bond acceptors (Lipinski definition) is 4. The van der Waals surface area contributed by atoms with Crippen molar-refractivity contribution in [3.05, 3.63) is 17.7 Å². The normalized spacial score (nSPS) is 11.2. The molecule has 5 nitrogen and oxygen atoms in total. The van der Waals surface area contributed by atoms with E-state index in [-0.39, 0.29) is 11.0 Å². The average molecular weight is 239 g/mol. The van der Waals surface area contributed by atoms with Crippen LogP contribution in [0.5, 0.6) is 17.2 Å². The Morgan fingerprint density at radius 1 is 1.18 bits per heavy atom. The van der Waals surface area contributed by atoms with Crippen molar-refractivity contribution in [1.82, 2.24) is 5.32 Å². The molecule has 0 spiro atoms. The number of benzene rings is 1. The van der Waals surface area contributed by atoms with Crippen LogP contribution in [0, 0.1) is 5.41 Å². The third-order valence-corrected chi connectivity index (χ3v) is 2.11. The lowest BCUT2D eigenvalue weighted by atomic mass is 9.97. The Morgan fingerprint density at radius 3 is 2.06 bits per heavy atom. The van der Waals surface area contributed by atoms with Crippen LogP contribution in [0.1, 0.15) is 31.1 Å². The summed E-state index contributed by atoms with van der Waals surface area (Å²) in [6.07, 6.45) is 0. The molecular weight excluding hydrogens is 222 g/mol. The van der Waals surface area contributed by atoms with Crippen molar-refractivity contribution in [1.29, 1.82) is 0 Å². The average Bonchev–Trinajstić information content (AvgIpc) is 2.20. The number of nitrogens with one attached hydrogen (secondary N) is 1. The SMILES string of the molecule is CC(C)(C)CNC(=O)c1cc(O)c(O)c(O)c1. The summed E-state index contributed by atoms with van der Waals surface area (Å²) in [6.45, 7) is 6.38. The van der Waals surface area contributed by atoms with Crippen LogP contribution < -0.4 is 5.32 Å². The van der Waals surface area contributed by atoms with Crippen molar-refractivity contribution in [3.63, 3.8) is 0 Å². The van der Waals surface area contributed by atoms with Crippen molar-refractivity contribution in [2.24, 2.45) is 5.41 Å². The van der Waals surface area contributed by atoms with E-state index in [2.05, 4.69) is 5.32 Å². The molecule has 1 aromatic carbocycles. The summed E-state index contributed by atoms with van der Waals surface area (Å²) >= 11 is 0. The van der Waals surface area contributed by atoms with Crippen molar-refractivity contribution < 1.29 is 20.1 Å². The summed E-state index contributed by atoms with van der Waals surface area (Å²) < 4.78 is 0. The highest BCUT2D eigenvalue weighted by atomic mass is 16.3. The molecular formula is C12H17NO4. The van der Waals surface area contributed by atoms with Gasteiger partial charge in [0.2, 0.25) is 0 Å². The molecule has 0 saturated carbocycles. The zero-order valence-corrected chi connectivity index (χ0v) is 10.1.